The third-order valence-corrected chi connectivity index (χ3v) is 29.0. The van der Waals surface area contributed by atoms with Gasteiger partial charge in [-0.25, -0.2) is 24.9 Å². The number of furan rings is 3. The molecule has 0 spiro atoms. The molecule has 7 heterocycles. The van der Waals surface area contributed by atoms with Gasteiger partial charge in [0.05, 0.1) is 5.70 Å². The molecule has 0 fully saturated rings. The van der Waals surface area contributed by atoms with Crippen LogP contribution in [0, 0.1) is 0 Å². The van der Waals surface area contributed by atoms with Crippen molar-refractivity contribution in [3.63, 3.8) is 0 Å². The van der Waals surface area contributed by atoms with Crippen LogP contribution in [0.3, 0.4) is 0 Å². The first kappa shape index (κ1) is 74.1. The Kier molecular flexibility index (Phi) is 17.0. The minimum Gasteiger partial charge on any atom is -0.456 e. The number of fused-ring (bicyclic) bond motifs is 20. The largest absolute Gasteiger partial charge is 0.456 e. The molecule has 0 aliphatic rings. The SMILES string of the molecule is C=C(/N=C(\N=C(/N)c1cc(-c2ccc(-c3cccc4c3oc3ccccc34)c3oc4ccccc4c23)c2ccccc2c1)c1cccc2sc3ccccc3c12)c1ccc(-c2ccc(-c3cccc4sc5cc(-c6cc(-c7ccc(-c8nc(-c9ccc%10ccccc%10c9)nc(-c9ccc%10sc%11ccccc%11c%10c9)n8)cc7)c7c(c6)oc6ccccc67)ccc5c34)cc2)cc1. The first-order valence-corrected chi connectivity index (χ1v) is 45.4. The third kappa shape index (κ3) is 12.4. The molecule has 0 unspecified atom stereocenters. The summed E-state index contributed by atoms with van der Waals surface area (Å²) < 4.78 is 27.6. The fourth-order valence-electron chi connectivity index (χ4n) is 19.3. The van der Waals surface area contributed by atoms with Gasteiger partial charge in [0.15, 0.2) is 23.3 Å². The lowest BCUT2D eigenvalue weighted by Crippen LogP contribution is -2.17. The Morgan fingerprint density at radius 2 is 0.760 bits per heavy atom. The molecular weight excluding hydrogens is 1630 g/mol. The van der Waals surface area contributed by atoms with Gasteiger partial charge in [0.2, 0.25) is 0 Å². The molecule has 0 saturated heterocycles. The van der Waals surface area contributed by atoms with Crippen LogP contribution in [0.5, 0.6) is 0 Å². The third-order valence-electron chi connectivity index (χ3n) is 25.6. The Hall–Kier alpha value is -16.4. The Morgan fingerprint density at radius 1 is 0.248 bits per heavy atom. The van der Waals surface area contributed by atoms with Crippen molar-refractivity contribution in [2.24, 2.45) is 15.7 Å². The first-order valence-electron chi connectivity index (χ1n) is 43.0. The van der Waals surface area contributed by atoms with Crippen LogP contribution in [0.15, 0.2) is 418 Å². The van der Waals surface area contributed by atoms with Crippen LogP contribution >= 0.6 is 34.0 Å². The Balaban J connectivity index is 0.512. The van der Waals surface area contributed by atoms with E-state index in [1.54, 1.807) is 22.7 Å². The highest BCUT2D eigenvalue weighted by Crippen LogP contribution is 2.50. The highest BCUT2D eigenvalue weighted by Gasteiger charge is 2.26. The van der Waals surface area contributed by atoms with E-state index in [0.717, 1.165) is 197 Å². The monoisotopic (exact) mass is 1700 g/mol. The Bertz CT molecular complexity index is 9300. The summed E-state index contributed by atoms with van der Waals surface area (Å²) in [5.41, 5.74) is 30.8. The molecule has 0 bridgehead atoms. The van der Waals surface area contributed by atoms with Crippen LogP contribution in [-0.2, 0) is 0 Å². The van der Waals surface area contributed by atoms with Gasteiger partial charge in [-0.2, -0.15) is 0 Å². The van der Waals surface area contributed by atoms with Crippen molar-refractivity contribution in [3.05, 3.63) is 412 Å². The average Bonchev–Trinajstić information content (AvgIpc) is 1.59. The number of para-hydroxylation sites is 4. The zero-order valence-corrected chi connectivity index (χ0v) is 71.4. The van der Waals surface area contributed by atoms with Crippen LogP contribution in [0.1, 0.15) is 16.7 Å². The maximum atomic E-state index is 7.50. The second-order valence-electron chi connectivity index (χ2n) is 33.0. The lowest BCUT2D eigenvalue weighted by Gasteiger charge is -2.14. The molecule has 602 valence electrons. The number of thiophene rings is 3. The van der Waals surface area contributed by atoms with Gasteiger partial charge < -0.3 is 19.0 Å². The van der Waals surface area contributed by atoms with Crippen molar-refractivity contribution in [1.82, 2.24) is 15.0 Å². The van der Waals surface area contributed by atoms with Gasteiger partial charge in [-0.15, -0.1) is 34.0 Å². The molecule has 0 saturated carbocycles. The number of aromatic nitrogens is 3. The molecule has 129 heavy (non-hydrogen) atoms. The summed E-state index contributed by atoms with van der Waals surface area (Å²) in [6.07, 6.45) is 0. The molecule has 26 aromatic rings. The maximum Gasteiger partial charge on any atom is 0.164 e. The molecule has 0 aliphatic carbocycles. The van der Waals surface area contributed by atoms with E-state index in [-0.39, 0.29) is 0 Å². The molecule has 0 aliphatic heterocycles. The zero-order chi connectivity index (χ0) is 85.1. The number of nitrogens with zero attached hydrogens (tertiary/aromatic N) is 5. The number of rotatable bonds is 13. The van der Waals surface area contributed by atoms with E-state index in [9.17, 15) is 0 Å². The summed E-state index contributed by atoms with van der Waals surface area (Å²) in [4.78, 5) is 26.6. The van der Waals surface area contributed by atoms with E-state index in [1.807, 2.05) is 41.7 Å². The van der Waals surface area contributed by atoms with E-state index in [1.165, 1.54) is 50.6 Å². The van der Waals surface area contributed by atoms with Gasteiger partial charge >= 0.3 is 0 Å². The molecular formula is C117H68N6O3S3. The summed E-state index contributed by atoms with van der Waals surface area (Å²) >= 11 is 5.38. The van der Waals surface area contributed by atoms with Crippen molar-refractivity contribution in [3.8, 4) is 101 Å². The molecule has 9 nitrogen and oxygen atoms in total. The fourth-order valence-corrected chi connectivity index (χ4v) is 22.7. The maximum absolute atomic E-state index is 7.50. The summed E-state index contributed by atoms with van der Waals surface area (Å²) in [5.74, 6) is 2.60. The lowest BCUT2D eigenvalue weighted by atomic mass is 9.90. The van der Waals surface area contributed by atoms with Crippen molar-refractivity contribution < 1.29 is 13.3 Å². The standard InChI is InChI=1S/C117H68N6O3S3/c1-66(119-117(93-31-18-38-105-109(93)91-27-10-15-36-102(91)128-105)120-113(118)80-60-76-21-4-5-22-81(76)95(63-80)85-56-57-88(112-110(85)90-26-8-13-34-99(90)126-112)87-30-16-29-86-83-23-6-11-32-97(83)125-111(86)87)67-39-41-69(42-40-67)70-43-46-71(47-44-70)82-28-17-37-104-108(82)92-55-53-75(65-106(92)129-104)79-62-94(107-89-25-7-12-33-98(89)124-100(107)64-79)72-48-50-73(51-49-72)114-121-115(77-52-45-68-19-2-3-20-74(68)59-77)123-116(122-114)78-54-58-103-96(61-78)84-24-9-14-35-101(84)127-103/h2-65H,1H2,(H2,118,119,120). The van der Waals surface area contributed by atoms with E-state index in [4.69, 9.17) is 43.9 Å². The van der Waals surface area contributed by atoms with Gasteiger partial charge in [0.25, 0.3) is 0 Å². The fraction of sp³-hybridized carbons (Fsp3) is 0. The van der Waals surface area contributed by atoms with Crippen LogP contribution < -0.4 is 5.73 Å². The Labute approximate surface area is 749 Å². The minimum absolute atomic E-state index is 0.310. The Morgan fingerprint density at radius 3 is 1.54 bits per heavy atom. The molecule has 0 amide bonds. The van der Waals surface area contributed by atoms with Gasteiger partial charge in [0.1, 0.15) is 39.3 Å². The molecule has 12 heteroatoms. The van der Waals surface area contributed by atoms with Gasteiger partial charge in [0, 0.05) is 132 Å². The van der Waals surface area contributed by atoms with Gasteiger partial charge in [-0.1, -0.05) is 292 Å². The zero-order valence-electron chi connectivity index (χ0n) is 68.9. The topological polar surface area (TPSA) is 129 Å². The number of amidine groups is 2. The minimum atomic E-state index is 0.310. The number of aliphatic imine (C=N–C) groups is 2. The normalized spacial score (nSPS) is 12.3. The highest BCUT2D eigenvalue weighted by molar-refractivity contribution is 7.26. The second-order valence-corrected chi connectivity index (χ2v) is 36.3. The summed E-state index contributed by atoms with van der Waals surface area (Å²) in [5, 5.41) is 17.7. The summed E-state index contributed by atoms with van der Waals surface area (Å²) in [6.45, 7) is 4.67. The van der Waals surface area contributed by atoms with E-state index in [2.05, 4.69) is 364 Å². The predicted octanol–water partition coefficient (Wildman–Crippen LogP) is 32.8. The van der Waals surface area contributed by atoms with Gasteiger partial charge in [-0.05, 0) is 186 Å². The molecule has 19 aromatic carbocycles. The van der Waals surface area contributed by atoms with Crippen molar-refractivity contribution >= 4 is 199 Å². The van der Waals surface area contributed by atoms with E-state index in [0.29, 0.717) is 34.8 Å². The highest BCUT2D eigenvalue weighted by atomic mass is 32.1. The summed E-state index contributed by atoms with van der Waals surface area (Å²) in [7, 11) is 0. The van der Waals surface area contributed by atoms with Crippen LogP contribution in [-0.4, -0.2) is 26.6 Å². The summed E-state index contributed by atoms with van der Waals surface area (Å²) in [6, 6.07) is 137. The number of benzene rings is 19. The van der Waals surface area contributed by atoms with E-state index < -0.39 is 0 Å². The van der Waals surface area contributed by atoms with Crippen LogP contribution in [0.2, 0.25) is 0 Å². The van der Waals surface area contributed by atoms with Crippen molar-refractivity contribution in [2.45, 2.75) is 0 Å². The number of hydrogen-bond donors (Lipinski definition) is 1. The van der Waals surface area contributed by atoms with Crippen molar-refractivity contribution in [2.75, 3.05) is 0 Å². The second kappa shape index (κ2) is 29.7. The molecule has 26 rings (SSSR count). The quantitative estimate of drug-likeness (QED) is 0.0899. The number of hydrogen-bond acceptors (Lipinski definition) is 10. The van der Waals surface area contributed by atoms with Crippen LogP contribution in [0.25, 0.3) is 254 Å². The smallest absolute Gasteiger partial charge is 0.164 e. The lowest BCUT2D eigenvalue weighted by molar-refractivity contribution is 0.665. The molecule has 0 radical (unpaired) electrons. The first-order chi connectivity index (χ1) is 63.7. The molecule has 0 atom stereocenters. The molecule has 2 N–H and O–H groups in total. The van der Waals surface area contributed by atoms with Gasteiger partial charge in [-0.3, -0.25) is 0 Å². The molecule has 7 aromatic heterocycles. The van der Waals surface area contributed by atoms with E-state index >= 15 is 0 Å². The average molecular weight is 1700 g/mol. The van der Waals surface area contributed by atoms with Crippen molar-refractivity contribution in [1.29, 1.82) is 0 Å². The number of nitrogens with two attached hydrogens (primary N) is 1. The predicted molar refractivity (Wildman–Crippen MR) is 543 cm³/mol. The van der Waals surface area contributed by atoms with Crippen LogP contribution in [0.4, 0.5) is 0 Å².